The molecular weight excluding hydrogens is 162 g/mol. The summed E-state index contributed by atoms with van der Waals surface area (Å²) in [6.45, 7) is 3.87. The van der Waals surface area contributed by atoms with Gasteiger partial charge in [0.25, 0.3) is 0 Å². The first kappa shape index (κ1) is 8.73. The molecule has 70 valence electrons. The Kier molecular flexibility index (Phi) is 2.62. The maximum atomic E-state index is 5.71. The van der Waals surface area contributed by atoms with E-state index in [1.54, 1.807) is 0 Å². The minimum Gasteiger partial charge on any atom is -0.371 e. The maximum Gasteiger partial charge on any atom is 0.0950 e. The topological polar surface area (TPSA) is 21.3 Å². The molecule has 1 aliphatic heterocycles. The van der Waals surface area contributed by atoms with E-state index in [9.17, 15) is 0 Å². The lowest BCUT2D eigenvalue weighted by Gasteiger charge is -2.28. The fraction of sp³-hybridized carbons (Fsp3) is 0.455. The lowest BCUT2D eigenvalue weighted by atomic mass is 10.1. The van der Waals surface area contributed by atoms with E-state index in [0.717, 1.165) is 13.2 Å². The highest BCUT2D eigenvalue weighted by Crippen LogP contribution is 2.19. The Morgan fingerprint density at radius 2 is 2.08 bits per heavy atom. The molecule has 1 N–H and O–H groups in total. The van der Waals surface area contributed by atoms with Crippen molar-refractivity contribution >= 4 is 0 Å². The van der Waals surface area contributed by atoms with Crippen molar-refractivity contribution in [2.24, 2.45) is 0 Å². The van der Waals surface area contributed by atoms with E-state index in [2.05, 4.69) is 36.5 Å². The van der Waals surface area contributed by atoms with Crippen molar-refractivity contribution in [3.8, 4) is 0 Å². The van der Waals surface area contributed by atoms with Crippen molar-refractivity contribution in [1.29, 1.82) is 0 Å². The Morgan fingerprint density at radius 3 is 2.69 bits per heavy atom. The number of morpholine rings is 1. The van der Waals surface area contributed by atoms with Gasteiger partial charge in [-0.15, -0.1) is 0 Å². The standard InChI is InChI=1S/C11H15NO/c1-9-8-13-11(7-12-9)10-5-3-2-4-6-10/h2-6,9,11-12H,7-8H2,1H3/t9-,11?/m0/s1. The summed E-state index contributed by atoms with van der Waals surface area (Å²) in [5.74, 6) is 0. The van der Waals surface area contributed by atoms with Crippen LogP contribution in [-0.4, -0.2) is 19.2 Å². The SMILES string of the molecule is C[C@H]1COC(c2ccccc2)CN1. The third-order valence-corrected chi connectivity index (χ3v) is 2.37. The Balaban J connectivity index is 2.03. The van der Waals surface area contributed by atoms with E-state index in [1.165, 1.54) is 5.56 Å². The molecule has 1 heterocycles. The summed E-state index contributed by atoms with van der Waals surface area (Å²) in [5.41, 5.74) is 1.27. The van der Waals surface area contributed by atoms with Crippen LogP contribution >= 0.6 is 0 Å². The van der Waals surface area contributed by atoms with Crippen LogP contribution in [0.4, 0.5) is 0 Å². The van der Waals surface area contributed by atoms with Crippen LogP contribution in [0.3, 0.4) is 0 Å². The number of ether oxygens (including phenoxy) is 1. The zero-order valence-corrected chi connectivity index (χ0v) is 7.86. The maximum absolute atomic E-state index is 5.71. The predicted molar refractivity (Wildman–Crippen MR) is 52.6 cm³/mol. The normalized spacial score (nSPS) is 28.7. The van der Waals surface area contributed by atoms with E-state index in [0.29, 0.717) is 6.04 Å². The molecule has 13 heavy (non-hydrogen) atoms. The molecule has 0 amide bonds. The molecule has 1 fully saturated rings. The molecule has 2 nitrogen and oxygen atoms in total. The monoisotopic (exact) mass is 177 g/mol. The molecule has 1 saturated heterocycles. The molecule has 0 bridgehead atoms. The van der Waals surface area contributed by atoms with Gasteiger partial charge in [0.15, 0.2) is 0 Å². The fourth-order valence-electron chi connectivity index (χ4n) is 1.57. The van der Waals surface area contributed by atoms with Crippen molar-refractivity contribution in [3.05, 3.63) is 35.9 Å². The third-order valence-electron chi connectivity index (χ3n) is 2.37. The molecule has 0 saturated carbocycles. The zero-order valence-electron chi connectivity index (χ0n) is 7.86. The van der Waals surface area contributed by atoms with Crippen LogP contribution in [-0.2, 0) is 4.74 Å². The summed E-state index contributed by atoms with van der Waals surface area (Å²) in [5, 5.41) is 3.41. The van der Waals surface area contributed by atoms with Crippen LogP contribution in [0.1, 0.15) is 18.6 Å². The van der Waals surface area contributed by atoms with Crippen LogP contribution in [0.5, 0.6) is 0 Å². The van der Waals surface area contributed by atoms with Gasteiger partial charge in [-0.25, -0.2) is 0 Å². The number of hydrogen-bond acceptors (Lipinski definition) is 2. The van der Waals surface area contributed by atoms with Gasteiger partial charge in [-0.3, -0.25) is 0 Å². The number of nitrogens with one attached hydrogen (secondary N) is 1. The van der Waals surface area contributed by atoms with Crippen molar-refractivity contribution in [1.82, 2.24) is 5.32 Å². The molecule has 0 radical (unpaired) electrons. The van der Waals surface area contributed by atoms with Crippen LogP contribution < -0.4 is 5.32 Å². The first-order valence-corrected chi connectivity index (χ1v) is 4.76. The van der Waals surface area contributed by atoms with E-state index >= 15 is 0 Å². The van der Waals surface area contributed by atoms with Gasteiger partial charge in [0.05, 0.1) is 12.7 Å². The zero-order chi connectivity index (χ0) is 9.10. The van der Waals surface area contributed by atoms with E-state index in [1.807, 2.05) is 6.07 Å². The third kappa shape index (κ3) is 2.08. The van der Waals surface area contributed by atoms with Gasteiger partial charge >= 0.3 is 0 Å². The van der Waals surface area contributed by atoms with Crippen LogP contribution in [0, 0.1) is 0 Å². The molecule has 2 atom stereocenters. The lowest BCUT2D eigenvalue weighted by Crippen LogP contribution is -2.40. The molecule has 1 unspecified atom stereocenters. The summed E-state index contributed by atoms with van der Waals surface area (Å²) in [4.78, 5) is 0. The molecule has 0 aromatic heterocycles. The predicted octanol–water partition coefficient (Wildman–Crippen LogP) is 1.74. The van der Waals surface area contributed by atoms with Gasteiger partial charge in [-0.2, -0.15) is 0 Å². The molecule has 2 rings (SSSR count). The van der Waals surface area contributed by atoms with E-state index in [-0.39, 0.29) is 6.10 Å². The summed E-state index contributed by atoms with van der Waals surface area (Å²) in [6.07, 6.45) is 0.234. The summed E-state index contributed by atoms with van der Waals surface area (Å²) in [6, 6.07) is 10.8. The molecular formula is C11H15NO. The van der Waals surface area contributed by atoms with Crippen molar-refractivity contribution in [3.63, 3.8) is 0 Å². The Bertz CT molecular complexity index is 252. The number of hydrogen-bond donors (Lipinski definition) is 1. The number of benzene rings is 1. The molecule has 0 aliphatic carbocycles. The highest BCUT2D eigenvalue weighted by Gasteiger charge is 2.18. The van der Waals surface area contributed by atoms with Gasteiger partial charge in [0, 0.05) is 12.6 Å². The smallest absolute Gasteiger partial charge is 0.0950 e. The molecule has 2 heteroatoms. The van der Waals surface area contributed by atoms with Gasteiger partial charge in [-0.05, 0) is 12.5 Å². The van der Waals surface area contributed by atoms with Gasteiger partial charge in [0.1, 0.15) is 0 Å². The van der Waals surface area contributed by atoms with Gasteiger partial charge in [0.2, 0.25) is 0 Å². The minimum absolute atomic E-state index is 0.234. The second-order valence-corrected chi connectivity index (χ2v) is 3.54. The second-order valence-electron chi connectivity index (χ2n) is 3.54. The highest BCUT2D eigenvalue weighted by atomic mass is 16.5. The lowest BCUT2D eigenvalue weighted by molar-refractivity contribution is 0.00695. The summed E-state index contributed by atoms with van der Waals surface area (Å²) in [7, 11) is 0. The van der Waals surface area contributed by atoms with Crippen molar-refractivity contribution in [2.45, 2.75) is 19.1 Å². The van der Waals surface area contributed by atoms with E-state index in [4.69, 9.17) is 4.74 Å². The van der Waals surface area contributed by atoms with Gasteiger partial charge in [-0.1, -0.05) is 30.3 Å². The van der Waals surface area contributed by atoms with Crippen LogP contribution in [0.25, 0.3) is 0 Å². The number of rotatable bonds is 1. The summed E-state index contributed by atoms with van der Waals surface area (Å²) < 4.78 is 5.71. The molecule has 1 aromatic carbocycles. The molecule has 0 spiro atoms. The van der Waals surface area contributed by atoms with E-state index < -0.39 is 0 Å². The Morgan fingerprint density at radius 1 is 1.31 bits per heavy atom. The Labute approximate surface area is 78.9 Å². The Hall–Kier alpha value is -0.860. The minimum atomic E-state index is 0.234. The second kappa shape index (κ2) is 3.90. The highest BCUT2D eigenvalue weighted by molar-refractivity contribution is 5.18. The van der Waals surface area contributed by atoms with Crippen molar-refractivity contribution < 1.29 is 4.74 Å². The molecule has 1 aromatic rings. The average Bonchev–Trinajstić information content (AvgIpc) is 2.20. The van der Waals surface area contributed by atoms with Gasteiger partial charge < -0.3 is 10.1 Å². The average molecular weight is 177 g/mol. The first-order valence-electron chi connectivity index (χ1n) is 4.76. The largest absolute Gasteiger partial charge is 0.371 e. The quantitative estimate of drug-likeness (QED) is 0.705. The first-order chi connectivity index (χ1) is 6.36. The van der Waals surface area contributed by atoms with Crippen LogP contribution in [0.2, 0.25) is 0 Å². The summed E-state index contributed by atoms with van der Waals surface area (Å²) >= 11 is 0. The van der Waals surface area contributed by atoms with Crippen molar-refractivity contribution in [2.75, 3.05) is 13.2 Å². The fourth-order valence-corrected chi connectivity index (χ4v) is 1.57. The molecule has 1 aliphatic rings. The van der Waals surface area contributed by atoms with Crippen LogP contribution in [0.15, 0.2) is 30.3 Å².